The minimum Gasteiger partial charge on any atom is -0.452 e. The Morgan fingerprint density at radius 3 is 1.89 bits per heavy atom. The van der Waals surface area contributed by atoms with Gasteiger partial charge in [-0.05, 0) is 46.8 Å². The van der Waals surface area contributed by atoms with Crippen LogP contribution in [0.25, 0.3) is 0 Å². The van der Waals surface area contributed by atoms with Crippen molar-refractivity contribution in [2.45, 2.75) is 59.2 Å². The molecule has 0 saturated carbocycles. The molecule has 0 saturated heterocycles. The lowest BCUT2D eigenvalue weighted by Gasteiger charge is -2.32. The molecule has 3 amide bonds. The average Bonchev–Trinajstić information content (AvgIpc) is 2.83. The molecular formula is C20H26N2O5. The van der Waals surface area contributed by atoms with Crippen molar-refractivity contribution in [3.05, 3.63) is 35.4 Å². The van der Waals surface area contributed by atoms with E-state index in [0.29, 0.717) is 11.1 Å². The van der Waals surface area contributed by atoms with Crippen molar-refractivity contribution >= 4 is 23.7 Å². The first-order chi connectivity index (χ1) is 12.6. The number of hydrogen-bond donors (Lipinski definition) is 0. The molecule has 146 valence electrons. The Bertz CT molecular complexity index is 713. The second-order valence-corrected chi connectivity index (χ2v) is 7.12. The minimum atomic E-state index is -0.926. The van der Waals surface area contributed by atoms with E-state index < -0.39 is 23.9 Å². The quantitative estimate of drug-likeness (QED) is 0.540. The molecule has 0 bridgehead atoms. The van der Waals surface area contributed by atoms with Crippen molar-refractivity contribution in [1.82, 2.24) is 9.80 Å². The van der Waals surface area contributed by atoms with Crippen LogP contribution < -0.4 is 0 Å². The molecule has 7 heteroatoms. The summed E-state index contributed by atoms with van der Waals surface area (Å²) in [5.74, 6) is -1.73. The summed E-state index contributed by atoms with van der Waals surface area (Å²) in [5.41, 5.74) is 0.674. The first-order valence-corrected chi connectivity index (χ1v) is 9.12. The highest BCUT2D eigenvalue weighted by Gasteiger charge is 2.35. The van der Waals surface area contributed by atoms with Crippen molar-refractivity contribution < 1.29 is 23.9 Å². The van der Waals surface area contributed by atoms with Crippen molar-refractivity contribution in [2.24, 2.45) is 0 Å². The van der Waals surface area contributed by atoms with Gasteiger partial charge in [0.1, 0.15) is 0 Å². The third-order valence-corrected chi connectivity index (χ3v) is 4.44. The van der Waals surface area contributed by atoms with Gasteiger partial charge in [0.05, 0.1) is 17.5 Å². The molecule has 2 rings (SSSR count). The SMILES string of the molecule is CC(OC(=O)CCN1C(=O)c2ccccc2C1=O)C(=O)N(C(C)C)C(C)C. The third kappa shape index (κ3) is 4.35. The third-order valence-electron chi connectivity index (χ3n) is 4.44. The van der Waals surface area contributed by atoms with E-state index in [1.807, 2.05) is 27.7 Å². The van der Waals surface area contributed by atoms with Gasteiger partial charge in [0.25, 0.3) is 17.7 Å². The fourth-order valence-electron chi connectivity index (χ4n) is 3.27. The molecule has 1 unspecified atom stereocenters. The number of ether oxygens (including phenoxy) is 1. The topological polar surface area (TPSA) is 84.0 Å². The maximum atomic E-state index is 12.5. The summed E-state index contributed by atoms with van der Waals surface area (Å²) in [6.45, 7) is 9.04. The van der Waals surface area contributed by atoms with Crippen LogP contribution >= 0.6 is 0 Å². The molecule has 7 nitrogen and oxygen atoms in total. The summed E-state index contributed by atoms with van der Waals surface area (Å²) in [6.07, 6.45) is -1.09. The van der Waals surface area contributed by atoms with E-state index in [1.165, 1.54) is 6.92 Å². The maximum Gasteiger partial charge on any atom is 0.308 e. The van der Waals surface area contributed by atoms with Gasteiger partial charge in [0.2, 0.25) is 0 Å². The summed E-state index contributed by atoms with van der Waals surface area (Å²) in [6, 6.07) is 6.50. The van der Waals surface area contributed by atoms with Crippen LogP contribution in [0.1, 0.15) is 61.8 Å². The first-order valence-electron chi connectivity index (χ1n) is 9.12. The number of amides is 3. The molecule has 1 atom stereocenters. The van der Waals surface area contributed by atoms with Gasteiger partial charge in [-0.3, -0.25) is 24.1 Å². The van der Waals surface area contributed by atoms with Crippen molar-refractivity contribution in [2.75, 3.05) is 6.54 Å². The summed E-state index contributed by atoms with van der Waals surface area (Å²) in [7, 11) is 0. The minimum absolute atomic E-state index is 0.0167. The molecule has 1 aliphatic heterocycles. The predicted octanol–water partition coefficient (Wildman–Crippen LogP) is 2.25. The van der Waals surface area contributed by atoms with E-state index in [4.69, 9.17) is 4.74 Å². The van der Waals surface area contributed by atoms with Crippen LogP contribution in [0.2, 0.25) is 0 Å². The Morgan fingerprint density at radius 2 is 1.44 bits per heavy atom. The second kappa shape index (κ2) is 8.33. The lowest BCUT2D eigenvalue weighted by Crippen LogP contribution is -2.47. The van der Waals surface area contributed by atoms with E-state index in [2.05, 4.69) is 0 Å². The standard InChI is InChI=1S/C20H26N2O5/c1-12(2)22(13(3)4)18(24)14(5)27-17(23)10-11-21-19(25)15-8-6-7-9-16(15)20(21)26/h6-9,12-14H,10-11H2,1-5H3. The fourth-order valence-corrected chi connectivity index (χ4v) is 3.27. The van der Waals surface area contributed by atoms with Crippen molar-refractivity contribution in [1.29, 1.82) is 0 Å². The second-order valence-electron chi connectivity index (χ2n) is 7.12. The molecule has 1 aromatic rings. The highest BCUT2D eigenvalue weighted by atomic mass is 16.5. The summed E-state index contributed by atoms with van der Waals surface area (Å²) < 4.78 is 5.22. The van der Waals surface area contributed by atoms with Crippen LogP contribution in [0.3, 0.4) is 0 Å². The number of hydrogen-bond acceptors (Lipinski definition) is 5. The zero-order chi connectivity index (χ0) is 20.3. The zero-order valence-electron chi connectivity index (χ0n) is 16.4. The average molecular weight is 374 g/mol. The number of esters is 1. The van der Waals surface area contributed by atoms with Gasteiger partial charge in [-0.1, -0.05) is 12.1 Å². The smallest absolute Gasteiger partial charge is 0.308 e. The Hall–Kier alpha value is -2.70. The Labute approximate surface area is 159 Å². The molecule has 0 N–H and O–H groups in total. The van der Waals surface area contributed by atoms with Gasteiger partial charge in [0.15, 0.2) is 6.10 Å². The predicted molar refractivity (Wildman–Crippen MR) is 99.1 cm³/mol. The van der Waals surface area contributed by atoms with Gasteiger partial charge in [0, 0.05) is 18.6 Å². The van der Waals surface area contributed by atoms with Crippen LogP contribution in [0.4, 0.5) is 0 Å². The largest absolute Gasteiger partial charge is 0.452 e. The van der Waals surface area contributed by atoms with E-state index in [1.54, 1.807) is 29.2 Å². The Morgan fingerprint density at radius 1 is 0.963 bits per heavy atom. The molecule has 0 radical (unpaired) electrons. The van der Waals surface area contributed by atoms with Crippen molar-refractivity contribution in [3.63, 3.8) is 0 Å². The molecular weight excluding hydrogens is 348 g/mol. The molecule has 0 spiro atoms. The van der Waals surface area contributed by atoms with Crippen molar-refractivity contribution in [3.8, 4) is 0 Å². The van der Waals surface area contributed by atoms with Gasteiger partial charge in [-0.25, -0.2) is 0 Å². The summed E-state index contributed by atoms with van der Waals surface area (Å²) in [5, 5.41) is 0. The zero-order valence-corrected chi connectivity index (χ0v) is 16.4. The number of fused-ring (bicyclic) bond motifs is 1. The van der Waals surface area contributed by atoms with Crippen LogP contribution in [-0.2, 0) is 14.3 Å². The number of carbonyl (C=O) groups excluding carboxylic acids is 4. The maximum absolute atomic E-state index is 12.5. The number of nitrogens with zero attached hydrogens (tertiary/aromatic N) is 2. The van der Waals surface area contributed by atoms with Crippen LogP contribution in [0.5, 0.6) is 0 Å². The van der Waals surface area contributed by atoms with Gasteiger partial charge >= 0.3 is 5.97 Å². The highest BCUT2D eigenvalue weighted by molar-refractivity contribution is 6.21. The van der Waals surface area contributed by atoms with E-state index in [9.17, 15) is 19.2 Å². The van der Waals surface area contributed by atoms with Gasteiger partial charge in [-0.15, -0.1) is 0 Å². The molecule has 0 fully saturated rings. The fraction of sp³-hybridized carbons (Fsp3) is 0.500. The van der Waals surface area contributed by atoms with Crippen LogP contribution in [-0.4, -0.2) is 58.2 Å². The Balaban J connectivity index is 1.92. The van der Waals surface area contributed by atoms with E-state index >= 15 is 0 Å². The monoisotopic (exact) mass is 374 g/mol. The highest BCUT2D eigenvalue weighted by Crippen LogP contribution is 2.22. The lowest BCUT2D eigenvalue weighted by molar-refractivity contribution is -0.161. The number of carbonyl (C=O) groups is 4. The Kier molecular flexibility index (Phi) is 6.36. The number of benzene rings is 1. The van der Waals surface area contributed by atoms with E-state index in [-0.39, 0.29) is 31.0 Å². The van der Waals surface area contributed by atoms with Crippen LogP contribution in [0.15, 0.2) is 24.3 Å². The lowest BCUT2D eigenvalue weighted by atomic mass is 10.1. The molecule has 1 aromatic carbocycles. The van der Waals surface area contributed by atoms with E-state index in [0.717, 1.165) is 4.90 Å². The van der Waals surface area contributed by atoms with Gasteiger partial charge < -0.3 is 9.64 Å². The normalized spacial score (nSPS) is 14.6. The summed E-state index contributed by atoms with van der Waals surface area (Å²) >= 11 is 0. The number of imide groups is 1. The molecule has 27 heavy (non-hydrogen) atoms. The number of rotatable bonds is 7. The molecule has 1 heterocycles. The van der Waals surface area contributed by atoms with Gasteiger partial charge in [-0.2, -0.15) is 0 Å². The summed E-state index contributed by atoms with van der Waals surface area (Å²) in [4.78, 5) is 51.9. The molecule has 0 aliphatic carbocycles. The molecule has 1 aliphatic rings. The molecule has 0 aromatic heterocycles. The van der Waals surface area contributed by atoms with Crippen LogP contribution in [0, 0.1) is 0 Å². The first kappa shape index (κ1) is 20.6.